The molecule has 6 nitrogen and oxygen atoms in total. The molecule has 0 aliphatic carbocycles. The highest BCUT2D eigenvalue weighted by Gasteiger charge is 2.31. The van der Waals surface area contributed by atoms with E-state index in [-0.39, 0.29) is 11.8 Å². The summed E-state index contributed by atoms with van der Waals surface area (Å²) in [5.41, 5.74) is 4.72. The van der Waals surface area contributed by atoms with Gasteiger partial charge in [0.05, 0.1) is 18.9 Å². The van der Waals surface area contributed by atoms with Gasteiger partial charge < -0.3 is 19.1 Å². The molecule has 4 rings (SSSR count). The van der Waals surface area contributed by atoms with Gasteiger partial charge in [-0.05, 0) is 37.1 Å². The average Bonchev–Trinajstić information content (AvgIpc) is 3.25. The molecule has 0 unspecified atom stereocenters. The summed E-state index contributed by atoms with van der Waals surface area (Å²) in [6.45, 7) is 9.94. The van der Waals surface area contributed by atoms with Gasteiger partial charge >= 0.3 is 0 Å². The van der Waals surface area contributed by atoms with Crippen LogP contribution in [0.4, 0.5) is 11.4 Å². The molecule has 2 aromatic rings. The van der Waals surface area contributed by atoms with E-state index >= 15 is 0 Å². The largest absolute Gasteiger partial charge is 0.378 e. The number of hydrogen-bond acceptors (Lipinski definition) is 5. The molecular formula is C20H25N3O3. The maximum Gasteiger partial charge on any atom is 0.263 e. The Morgan fingerprint density at radius 3 is 2.69 bits per heavy atom. The first-order chi connectivity index (χ1) is 12.6. The third-order valence-corrected chi connectivity index (χ3v) is 5.21. The molecule has 1 amide bonds. The van der Waals surface area contributed by atoms with Crippen LogP contribution < -0.4 is 9.80 Å². The second kappa shape index (κ2) is 6.76. The van der Waals surface area contributed by atoms with E-state index in [2.05, 4.69) is 28.3 Å². The van der Waals surface area contributed by atoms with Crippen molar-refractivity contribution < 1.29 is 14.1 Å². The molecule has 3 heterocycles. The van der Waals surface area contributed by atoms with Crippen LogP contribution in [0.15, 0.2) is 22.7 Å². The number of benzene rings is 1. The third-order valence-electron chi connectivity index (χ3n) is 5.21. The van der Waals surface area contributed by atoms with Crippen LogP contribution in [0.1, 0.15) is 47.1 Å². The number of anilines is 2. The molecule has 0 spiro atoms. The first-order valence-electron chi connectivity index (χ1n) is 9.30. The van der Waals surface area contributed by atoms with Crippen LogP contribution in [0, 0.1) is 6.92 Å². The second-order valence-corrected chi connectivity index (χ2v) is 7.28. The number of ether oxygens (including phenoxy) is 1. The number of carbonyl (C=O) groups is 1. The number of amides is 1. The van der Waals surface area contributed by atoms with E-state index in [1.807, 2.05) is 25.7 Å². The molecule has 0 N–H and O–H groups in total. The molecule has 6 heteroatoms. The number of hydrogen-bond donors (Lipinski definition) is 0. The molecule has 1 aromatic carbocycles. The number of morpholine rings is 1. The van der Waals surface area contributed by atoms with E-state index in [0.717, 1.165) is 38.4 Å². The molecule has 0 radical (unpaired) electrons. The summed E-state index contributed by atoms with van der Waals surface area (Å²) >= 11 is 0. The van der Waals surface area contributed by atoms with Crippen molar-refractivity contribution in [3.8, 4) is 0 Å². The summed E-state index contributed by atoms with van der Waals surface area (Å²) < 4.78 is 10.8. The maximum atomic E-state index is 13.2. The summed E-state index contributed by atoms with van der Waals surface area (Å²) in [5, 5.41) is 4.02. The smallest absolute Gasteiger partial charge is 0.263 e. The molecule has 0 atom stereocenters. The Labute approximate surface area is 153 Å². The monoisotopic (exact) mass is 355 g/mol. The normalized spacial score (nSPS) is 17.1. The Kier molecular flexibility index (Phi) is 4.44. The van der Waals surface area contributed by atoms with Crippen molar-refractivity contribution >= 4 is 17.3 Å². The minimum atomic E-state index is -0.00896. The molecule has 2 aliphatic heterocycles. The summed E-state index contributed by atoms with van der Waals surface area (Å²) in [5.74, 6) is 0.789. The van der Waals surface area contributed by atoms with Gasteiger partial charge in [0.1, 0.15) is 5.56 Å². The van der Waals surface area contributed by atoms with Crippen LogP contribution in [0.3, 0.4) is 0 Å². The Hall–Kier alpha value is -2.34. The van der Waals surface area contributed by atoms with E-state index in [1.165, 1.54) is 11.3 Å². The lowest BCUT2D eigenvalue weighted by molar-refractivity contribution is 0.0986. The van der Waals surface area contributed by atoms with Gasteiger partial charge in [0.25, 0.3) is 5.91 Å². The van der Waals surface area contributed by atoms with Crippen molar-refractivity contribution in [2.45, 2.75) is 33.1 Å². The Balaban J connectivity index is 1.62. The zero-order chi connectivity index (χ0) is 18.3. The minimum absolute atomic E-state index is 0.00896. The van der Waals surface area contributed by atoms with E-state index < -0.39 is 0 Å². The van der Waals surface area contributed by atoms with Crippen LogP contribution in [-0.4, -0.2) is 43.9 Å². The second-order valence-electron chi connectivity index (χ2n) is 7.28. The molecule has 1 fully saturated rings. The van der Waals surface area contributed by atoms with Gasteiger partial charge in [-0.15, -0.1) is 0 Å². The molecule has 0 saturated carbocycles. The van der Waals surface area contributed by atoms with Gasteiger partial charge in [-0.3, -0.25) is 4.79 Å². The number of aromatic nitrogens is 1. The lowest BCUT2D eigenvalue weighted by Gasteiger charge is -2.29. The highest BCUT2D eigenvalue weighted by atomic mass is 16.5. The predicted molar refractivity (Wildman–Crippen MR) is 100 cm³/mol. The quantitative estimate of drug-likeness (QED) is 0.846. The molecule has 0 bridgehead atoms. The van der Waals surface area contributed by atoms with Gasteiger partial charge in [0, 0.05) is 36.9 Å². The zero-order valence-corrected chi connectivity index (χ0v) is 15.6. The van der Waals surface area contributed by atoms with Crippen molar-refractivity contribution in [1.29, 1.82) is 0 Å². The molecule has 1 saturated heterocycles. The van der Waals surface area contributed by atoms with E-state index in [4.69, 9.17) is 9.26 Å². The van der Waals surface area contributed by atoms with Crippen LogP contribution in [0.2, 0.25) is 0 Å². The number of nitrogens with zero attached hydrogens (tertiary/aromatic N) is 3. The van der Waals surface area contributed by atoms with E-state index in [0.29, 0.717) is 23.6 Å². The summed E-state index contributed by atoms with van der Waals surface area (Å²) in [7, 11) is 0. The summed E-state index contributed by atoms with van der Waals surface area (Å²) in [4.78, 5) is 17.4. The standard InChI is InChI=1S/C20H25N3O3/c1-13(2)19-18(14(3)21-26-19)20(24)23-7-6-15-12-16(4-5-17(15)23)22-8-10-25-11-9-22/h4-5,12-13H,6-11H2,1-3H3. The lowest BCUT2D eigenvalue weighted by atomic mass is 10.0. The van der Waals surface area contributed by atoms with Crippen LogP contribution >= 0.6 is 0 Å². The van der Waals surface area contributed by atoms with Gasteiger partial charge in [0.2, 0.25) is 0 Å². The van der Waals surface area contributed by atoms with E-state index in [1.54, 1.807) is 0 Å². The van der Waals surface area contributed by atoms with Crippen LogP contribution in [-0.2, 0) is 11.2 Å². The highest BCUT2D eigenvalue weighted by molar-refractivity contribution is 6.08. The van der Waals surface area contributed by atoms with E-state index in [9.17, 15) is 4.79 Å². The predicted octanol–water partition coefficient (Wildman–Crippen LogP) is 3.15. The number of rotatable bonds is 3. The van der Waals surface area contributed by atoms with Gasteiger partial charge in [-0.25, -0.2) is 0 Å². The van der Waals surface area contributed by atoms with Crippen LogP contribution in [0.25, 0.3) is 0 Å². The van der Waals surface area contributed by atoms with Gasteiger partial charge in [-0.2, -0.15) is 0 Å². The van der Waals surface area contributed by atoms with Crippen molar-refractivity contribution in [2.24, 2.45) is 0 Å². The molecule has 138 valence electrons. The van der Waals surface area contributed by atoms with Crippen molar-refractivity contribution in [1.82, 2.24) is 5.16 Å². The fourth-order valence-electron chi connectivity index (χ4n) is 3.79. The number of fused-ring (bicyclic) bond motifs is 1. The Morgan fingerprint density at radius 2 is 1.96 bits per heavy atom. The Bertz CT molecular complexity index is 822. The number of carbonyl (C=O) groups excluding carboxylic acids is 1. The number of aryl methyl sites for hydroxylation is 1. The first kappa shape index (κ1) is 17.1. The molecule has 26 heavy (non-hydrogen) atoms. The molecular weight excluding hydrogens is 330 g/mol. The van der Waals surface area contributed by atoms with Crippen molar-refractivity contribution in [3.05, 3.63) is 40.8 Å². The van der Waals surface area contributed by atoms with Gasteiger partial charge in [-0.1, -0.05) is 19.0 Å². The third kappa shape index (κ3) is 2.88. The van der Waals surface area contributed by atoms with Gasteiger partial charge in [0.15, 0.2) is 5.76 Å². The highest BCUT2D eigenvalue weighted by Crippen LogP contribution is 2.34. The van der Waals surface area contributed by atoms with Crippen molar-refractivity contribution in [2.75, 3.05) is 42.6 Å². The van der Waals surface area contributed by atoms with Crippen molar-refractivity contribution in [3.63, 3.8) is 0 Å². The lowest BCUT2D eigenvalue weighted by Crippen LogP contribution is -2.36. The maximum absolute atomic E-state index is 13.2. The zero-order valence-electron chi connectivity index (χ0n) is 15.6. The summed E-state index contributed by atoms with van der Waals surface area (Å²) in [6, 6.07) is 6.40. The fourth-order valence-corrected chi connectivity index (χ4v) is 3.79. The van der Waals surface area contributed by atoms with Crippen LogP contribution in [0.5, 0.6) is 0 Å². The average molecular weight is 355 g/mol. The first-order valence-corrected chi connectivity index (χ1v) is 9.30. The SMILES string of the molecule is Cc1noc(C(C)C)c1C(=O)N1CCc2cc(N3CCOCC3)ccc21. The summed E-state index contributed by atoms with van der Waals surface area (Å²) in [6.07, 6.45) is 0.876. The minimum Gasteiger partial charge on any atom is -0.378 e. The topological polar surface area (TPSA) is 58.8 Å². The molecule has 1 aromatic heterocycles. The Morgan fingerprint density at radius 1 is 1.19 bits per heavy atom. The fraction of sp³-hybridized carbons (Fsp3) is 0.500. The molecule has 2 aliphatic rings.